The molecule has 1 aromatic rings. The Labute approximate surface area is 119 Å². The summed E-state index contributed by atoms with van der Waals surface area (Å²) in [4.78, 5) is 3.52. The molecule has 10 heteroatoms. The van der Waals surface area contributed by atoms with Crippen LogP contribution >= 0.6 is 11.6 Å². The van der Waals surface area contributed by atoms with Gasteiger partial charge in [-0.1, -0.05) is 11.6 Å². The van der Waals surface area contributed by atoms with Crippen molar-refractivity contribution in [1.82, 2.24) is 9.71 Å². The van der Waals surface area contributed by atoms with Gasteiger partial charge in [-0.15, -0.1) is 0 Å². The Morgan fingerprint density at radius 3 is 2.55 bits per heavy atom. The number of nitrogens with one attached hydrogen (secondary N) is 2. The van der Waals surface area contributed by atoms with Crippen LogP contribution in [-0.2, 0) is 10.0 Å². The third-order valence-electron chi connectivity index (χ3n) is 2.17. The summed E-state index contributed by atoms with van der Waals surface area (Å²) < 4.78 is 61.2. The van der Waals surface area contributed by atoms with E-state index in [-0.39, 0.29) is 9.92 Å². The van der Waals surface area contributed by atoms with E-state index in [1.165, 1.54) is 0 Å². The van der Waals surface area contributed by atoms with Crippen molar-refractivity contribution in [3.8, 4) is 0 Å². The average molecular weight is 332 g/mol. The lowest BCUT2D eigenvalue weighted by molar-refractivity contribution is -0.132. The van der Waals surface area contributed by atoms with E-state index in [0.29, 0.717) is 12.4 Å². The van der Waals surface area contributed by atoms with E-state index >= 15 is 0 Å². The molecule has 0 aliphatic rings. The second kappa shape index (κ2) is 6.59. The highest BCUT2D eigenvalue weighted by Crippen LogP contribution is 2.23. The second-order valence-corrected chi connectivity index (χ2v) is 5.97. The van der Waals surface area contributed by atoms with Crippen LogP contribution < -0.4 is 10.0 Å². The predicted molar refractivity (Wildman–Crippen MR) is 69.3 cm³/mol. The zero-order valence-corrected chi connectivity index (χ0v) is 12.0. The quantitative estimate of drug-likeness (QED) is 0.839. The highest BCUT2D eigenvalue weighted by molar-refractivity contribution is 7.89. The third kappa shape index (κ3) is 5.14. The number of sulfonamides is 1. The van der Waals surface area contributed by atoms with Gasteiger partial charge in [0.25, 0.3) is 0 Å². The Hall–Kier alpha value is -1.06. The van der Waals surface area contributed by atoms with Crippen LogP contribution in [0.3, 0.4) is 0 Å². The van der Waals surface area contributed by atoms with E-state index in [0.717, 1.165) is 12.3 Å². The molecule has 0 fully saturated rings. The number of aromatic nitrogens is 1. The first-order chi connectivity index (χ1) is 9.15. The molecule has 0 saturated heterocycles. The van der Waals surface area contributed by atoms with E-state index < -0.39 is 29.2 Å². The lowest BCUT2D eigenvalue weighted by Crippen LogP contribution is -2.28. The lowest BCUT2D eigenvalue weighted by Gasteiger charge is -2.10. The Bertz CT molecular complexity index is 563. The molecule has 0 atom stereocenters. The van der Waals surface area contributed by atoms with Crippen molar-refractivity contribution >= 4 is 27.4 Å². The van der Waals surface area contributed by atoms with Gasteiger partial charge in [0.15, 0.2) is 0 Å². The Morgan fingerprint density at radius 1 is 1.40 bits per heavy atom. The number of pyridine rings is 1. The first-order valence-electron chi connectivity index (χ1n) is 5.61. The summed E-state index contributed by atoms with van der Waals surface area (Å²) in [6, 6.07) is 1.13. The molecule has 2 N–H and O–H groups in total. The number of rotatable bonds is 6. The van der Waals surface area contributed by atoms with Gasteiger partial charge in [-0.3, -0.25) is 0 Å². The first-order valence-corrected chi connectivity index (χ1v) is 7.47. The summed E-state index contributed by atoms with van der Waals surface area (Å²) in [5.41, 5.74) is 0. The van der Waals surface area contributed by atoms with Gasteiger partial charge in [0.05, 0.1) is 11.4 Å². The van der Waals surface area contributed by atoms with Gasteiger partial charge < -0.3 is 5.32 Å². The monoisotopic (exact) mass is 331 g/mol. The van der Waals surface area contributed by atoms with Crippen LogP contribution in [0, 0.1) is 0 Å². The minimum Gasteiger partial charge on any atom is -0.369 e. The van der Waals surface area contributed by atoms with Crippen molar-refractivity contribution in [2.75, 3.05) is 18.4 Å². The molecule has 1 rings (SSSR count). The van der Waals surface area contributed by atoms with Crippen LogP contribution in [0.5, 0.6) is 0 Å². The molecule has 0 saturated carbocycles. The molecule has 20 heavy (non-hydrogen) atoms. The first kappa shape index (κ1) is 17.0. The zero-order valence-electron chi connectivity index (χ0n) is 10.5. The second-order valence-electron chi connectivity index (χ2n) is 3.79. The SMILES string of the molecule is CCNc1ncc(S(=O)(=O)NCCC(F)(F)F)cc1Cl. The summed E-state index contributed by atoms with van der Waals surface area (Å²) >= 11 is 5.82. The van der Waals surface area contributed by atoms with Crippen LogP contribution in [-0.4, -0.2) is 32.7 Å². The Kier molecular flexibility index (Phi) is 5.60. The van der Waals surface area contributed by atoms with Crippen molar-refractivity contribution in [3.05, 3.63) is 17.3 Å². The zero-order chi connectivity index (χ0) is 15.4. The van der Waals surface area contributed by atoms with Crippen LogP contribution in [0.4, 0.5) is 19.0 Å². The highest BCUT2D eigenvalue weighted by atomic mass is 35.5. The fourth-order valence-electron chi connectivity index (χ4n) is 1.28. The summed E-state index contributed by atoms with van der Waals surface area (Å²) in [7, 11) is -4.06. The molecule has 1 heterocycles. The maximum Gasteiger partial charge on any atom is 0.390 e. The van der Waals surface area contributed by atoms with Crippen LogP contribution in [0.1, 0.15) is 13.3 Å². The van der Waals surface area contributed by atoms with Crippen molar-refractivity contribution in [3.63, 3.8) is 0 Å². The molecule has 0 aliphatic heterocycles. The molecule has 0 aromatic carbocycles. The van der Waals surface area contributed by atoms with E-state index in [1.807, 2.05) is 4.72 Å². The molecule has 0 unspecified atom stereocenters. The van der Waals surface area contributed by atoms with Crippen LogP contribution in [0.2, 0.25) is 5.02 Å². The molecule has 114 valence electrons. The maximum atomic E-state index is 12.0. The molecule has 5 nitrogen and oxygen atoms in total. The molecule has 0 radical (unpaired) electrons. The minimum atomic E-state index is -4.42. The summed E-state index contributed by atoms with van der Waals surface area (Å²) in [6.45, 7) is 1.61. The number of hydrogen-bond donors (Lipinski definition) is 2. The molecular weight excluding hydrogens is 319 g/mol. The largest absolute Gasteiger partial charge is 0.390 e. The predicted octanol–water partition coefficient (Wildman–Crippen LogP) is 2.40. The van der Waals surface area contributed by atoms with Gasteiger partial charge in [0.1, 0.15) is 10.7 Å². The van der Waals surface area contributed by atoms with Crippen molar-refractivity contribution in [2.24, 2.45) is 0 Å². The van der Waals surface area contributed by atoms with Crippen LogP contribution in [0.25, 0.3) is 0 Å². The van der Waals surface area contributed by atoms with Crippen molar-refractivity contribution in [1.29, 1.82) is 0 Å². The normalized spacial score (nSPS) is 12.4. The molecule has 1 aromatic heterocycles. The van der Waals surface area contributed by atoms with Gasteiger partial charge in [-0.2, -0.15) is 13.2 Å². The molecule has 0 amide bonds. The summed E-state index contributed by atoms with van der Waals surface area (Å²) in [6.07, 6.45) is -4.64. The lowest BCUT2D eigenvalue weighted by atomic mass is 10.4. The van der Waals surface area contributed by atoms with Crippen LogP contribution in [0.15, 0.2) is 17.2 Å². The van der Waals surface area contributed by atoms with Crippen molar-refractivity contribution in [2.45, 2.75) is 24.4 Å². The van der Waals surface area contributed by atoms with E-state index in [2.05, 4.69) is 10.3 Å². The van der Waals surface area contributed by atoms with E-state index in [4.69, 9.17) is 11.6 Å². The molecule has 0 spiro atoms. The number of anilines is 1. The fourth-order valence-corrected chi connectivity index (χ4v) is 2.58. The standard InChI is InChI=1S/C10H13ClF3N3O2S/c1-2-15-9-8(11)5-7(6-16-9)20(18,19)17-4-3-10(12,13)14/h5-6,17H,2-4H2,1H3,(H,15,16). The molecular formula is C10H13ClF3N3O2S. The van der Waals surface area contributed by atoms with E-state index in [9.17, 15) is 21.6 Å². The molecule has 0 aliphatic carbocycles. The van der Waals surface area contributed by atoms with E-state index in [1.54, 1.807) is 6.92 Å². The maximum absolute atomic E-state index is 12.0. The highest BCUT2D eigenvalue weighted by Gasteiger charge is 2.27. The van der Waals surface area contributed by atoms with Gasteiger partial charge in [-0.05, 0) is 13.0 Å². The molecule has 0 bridgehead atoms. The third-order valence-corrected chi connectivity index (χ3v) is 3.89. The van der Waals surface area contributed by atoms with Gasteiger partial charge in [0, 0.05) is 19.3 Å². The number of alkyl halides is 3. The fraction of sp³-hybridized carbons (Fsp3) is 0.500. The number of halogens is 4. The van der Waals surface area contributed by atoms with Gasteiger partial charge in [0.2, 0.25) is 10.0 Å². The van der Waals surface area contributed by atoms with Crippen molar-refractivity contribution < 1.29 is 21.6 Å². The Balaban J connectivity index is 2.80. The Morgan fingerprint density at radius 2 is 2.05 bits per heavy atom. The smallest absolute Gasteiger partial charge is 0.369 e. The summed E-state index contributed by atoms with van der Waals surface area (Å²) in [5.74, 6) is 0.309. The average Bonchev–Trinajstić information content (AvgIpc) is 2.29. The number of hydrogen-bond acceptors (Lipinski definition) is 4. The topological polar surface area (TPSA) is 71.1 Å². The van der Waals surface area contributed by atoms with Gasteiger partial charge in [-0.25, -0.2) is 18.1 Å². The number of nitrogens with zero attached hydrogens (tertiary/aromatic N) is 1. The summed E-state index contributed by atoms with van der Waals surface area (Å²) in [5, 5.41) is 2.89. The van der Waals surface area contributed by atoms with Gasteiger partial charge >= 0.3 is 6.18 Å². The minimum absolute atomic E-state index is 0.0746.